The number of carboxylic acids is 1. The van der Waals surface area contributed by atoms with Crippen molar-refractivity contribution in [1.29, 1.82) is 0 Å². The lowest BCUT2D eigenvalue weighted by Crippen LogP contribution is -2.46. The van der Waals surface area contributed by atoms with Crippen LogP contribution >= 0.6 is 0 Å². The fraction of sp³-hybridized carbons (Fsp3) is 0.467. The molecule has 5 heteroatoms. The van der Waals surface area contributed by atoms with Gasteiger partial charge in [0, 0.05) is 27.2 Å². The lowest BCUT2D eigenvalue weighted by atomic mass is 9.93. The Morgan fingerprint density at radius 2 is 2.05 bits per heavy atom. The zero-order valence-corrected chi connectivity index (χ0v) is 12.1. The molecule has 20 heavy (non-hydrogen) atoms. The van der Waals surface area contributed by atoms with Crippen LogP contribution < -0.4 is 0 Å². The van der Waals surface area contributed by atoms with Crippen LogP contribution in [-0.2, 0) is 17.8 Å². The summed E-state index contributed by atoms with van der Waals surface area (Å²) in [6, 6.07) is 5.17. The van der Waals surface area contributed by atoms with E-state index in [0.29, 0.717) is 25.1 Å². The average Bonchev–Trinajstić information content (AvgIpc) is 2.44. The first-order valence-corrected chi connectivity index (χ1v) is 6.71. The molecule has 108 valence electrons. The molecule has 0 aromatic heterocycles. The molecule has 1 N–H and O–H groups in total. The Hall–Kier alpha value is -1.88. The Kier molecular flexibility index (Phi) is 4.09. The van der Waals surface area contributed by atoms with Gasteiger partial charge in [0.05, 0.1) is 11.6 Å². The third-order valence-corrected chi connectivity index (χ3v) is 3.87. The van der Waals surface area contributed by atoms with Crippen molar-refractivity contribution in [3.63, 3.8) is 0 Å². The topological polar surface area (TPSA) is 60.9 Å². The van der Waals surface area contributed by atoms with Gasteiger partial charge in [-0.25, -0.2) is 4.79 Å². The number of hydrogen-bond donors (Lipinski definition) is 1. The SMILES string of the molecule is CC(C(=O)N(C)C)N1CCc2c(cccc2C(=O)O)C1. The van der Waals surface area contributed by atoms with E-state index in [1.807, 2.05) is 13.0 Å². The van der Waals surface area contributed by atoms with Crippen LogP contribution in [0.3, 0.4) is 0 Å². The number of rotatable bonds is 3. The zero-order valence-electron chi connectivity index (χ0n) is 12.1. The Labute approximate surface area is 118 Å². The molecule has 1 heterocycles. The summed E-state index contributed by atoms with van der Waals surface area (Å²) in [7, 11) is 3.50. The molecule has 1 aliphatic heterocycles. The minimum absolute atomic E-state index is 0.0721. The molecule has 0 saturated heterocycles. The number of carboxylic acid groups (broad SMARTS) is 1. The van der Waals surface area contributed by atoms with E-state index in [0.717, 1.165) is 11.1 Å². The summed E-state index contributed by atoms with van der Waals surface area (Å²) in [6.07, 6.45) is 0.669. The quantitative estimate of drug-likeness (QED) is 0.901. The van der Waals surface area contributed by atoms with Crippen molar-refractivity contribution in [3.8, 4) is 0 Å². The number of amides is 1. The molecule has 1 aliphatic rings. The Balaban J connectivity index is 2.22. The Morgan fingerprint density at radius 3 is 2.65 bits per heavy atom. The first-order valence-electron chi connectivity index (χ1n) is 6.71. The summed E-state index contributed by atoms with van der Waals surface area (Å²) in [4.78, 5) is 26.9. The van der Waals surface area contributed by atoms with Crippen LogP contribution in [0, 0.1) is 0 Å². The summed E-state index contributed by atoms with van der Waals surface area (Å²) >= 11 is 0. The first-order chi connectivity index (χ1) is 9.41. The molecule has 1 amide bonds. The average molecular weight is 276 g/mol. The van der Waals surface area contributed by atoms with Crippen molar-refractivity contribution in [2.24, 2.45) is 0 Å². The second-order valence-corrected chi connectivity index (χ2v) is 5.38. The Bertz CT molecular complexity index is 540. The maximum absolute atomic E-state index is 12.0. The standard InChI is InChI=1S/C15H20N2O3/c1-10(14(18)16(2)3)17-8-7-12-11(9-17)5-4-6-13(12)15(19)20/h4-6,10H,7-9H2,1-3H3,(H,19,20). The number of aromatic carboxylic acids is 1. The molecule has 1 aromatic carbocycles. The fourth-order valence-electron chi connectivity index (χ4n) is 2.69. The van der Waals surface area contributed by atoms with E-state index < -0.39 is 5.97 Å². The van der Waals surface area contributed by atoms with Crippen LogP contribution in [0.4, 0.5) is 0 Å². The molecule has 0 bridgehead atoms. The van der Waals surface area contributed by atoms with Gasteiger partial charge >= 0.3 is 5.97 Å². The van der Waals surface area contributed by atoms with Crippen LogP contribution in [0.5, 0.6) is 0 Å². The van der Waals surface area contributed by atoms with Crippen molar-refractivity contribution in [3.05, 3.63) is 34.9 Å². The van der Waals surface area contributed by atoms with E-state index in [4.69, 9.17) is 0 Å². The lowest BCUT2D eigenvalue weighted by Gasteiger charge is -2.34. The van der Waals surface area contributed by atoms with Crippen LogP contribution in [0.1, 0.15) is 28.4 Å². The van der Waals surface area contributed by atoms with Crippen LogP contribution in [0.2, 0.25) is 0 Å². The molecule has 1 aromatic rings. The summed E-state index contributed by atoms with van der Waals surface area (Å²) in [6.45, 7) is 3.23. The van der Waals surface area contributed by atoms with Gasteiger partial charge in [-0.1, -0.05) is 12.1 Å². The number of likely N-dealkylation sites (N-methyl/N-ethyl adjacent to an activating group) is 1. The van der Waals surface area contributed by atoms with Gasteiger partial charge in [0.15, 0.2) is 0 Å². The van der Waals surface area contributed by atoms with Crippen LogP contribution in [0.25, 0.3) is 0 Å². The van der Waals surface area contributed by atoms with Crippen molar-refractivity contribution in [1.82, 2.24) is 9.80 Å². The zero-order chi connectivity index (χ0) is 14.9. The number of carbonyl (C=O) groups is 2. The van der Waals surface area contributed by atoms with E-state index in [9.17, 15) is 14.7 Å². The maximum Gasteiger partial charge on any atom is 0.335 e. The number of nitrogens with zero attached hydrogens (tertiary/aromatic N) is 2. The highest BCUT2D eigenvalue weighted by Gasteiger charge is 2.28. The summed E-state index contributed by atoms with van der Waals surface area (Å²) in [5.41, 5.74) is 2.30. The highest BCUT2D eigenvalue weighted by molar-refractivity contribution is 5.90. The minimum Gasteiger partial charge on any atom is -0.478 e. The van der Waals surface area contributed by atoms with Gasteiger partial charge in [-0.05, 0) is 30.5 Å². The van der Waals surface area contributed by atoms with Gasteiger partial charge in [-0.3, -0.25) is 9.69 Å². The van der Waals surface area contributed by atoms with E-state index >= 15 is 0 Å². The van der Waals surface area contributed by atoms with Gasteiger partial charge in [0.1, 0.15) is 0 Å². The smallest absolute Gasteiger partial charge is 0.335 e. The van der Waals surface area contributed by atoms with Crippen molar-refractivity contribution >= 4 is 11.9 Å². The highest BCUT2D eigenvalue weighted by atomic mass is 16.4. The van der Waals surface area contributed by atoms with Crippen LogP contribution in [-0.4, -0.2) is 53.5 Å². The highest BCUT2D eigenvalue weighted by Crippen LogP contribution is 2.24. The van der Waals surface area contributed by atoms with Crippen molar-refractivity contribution < 1.29 is 14.7 Å². The predicted octanol–water partition coefficient (Wildman–Crippen LogP) is 1.22. The van der Waals surface area contributed by atoms with E-state index in [1.165, 1.54) is 0 Å². The Morgan fingerprint density at radius 1 is 1.35 bits per heavy atom. The van der Waals surface area contributed by atoms with Crippen molar-refractivity contribution in [2.45, 2.75) is 25.9 Å². The first kappa shape index (κ1) is 14.5. The number of fused-ring (bicyclic) bond motifs is 1. The van der Waals surface area contributed by atoms with E-state index in [-0.39, 0.29) is 11.9 Å². The third-order valence-electron chi connectivity index (χ3n) is 3.87. The molecule has 0 saturated carbocycles. The lowest BCUT2D eigenvalue weighted by molar-refractivity contribution is -0.134. The minimum atomic E-state index is -0.882. The van der Waals surface area contributed by atoms with Crippen LogP contribution in [0.15, 0.2) is 18.2 Å². The van der Waals surface area contributed by atoms with E-state index in [1.54, 1.807) is 31.1 Å². The molecule has 1 unspecified atom stereocenters. The molecule has 0 fully saturated rings. The van der Waals surface area contributed by atoms with Crippen molar-refractivity contribution in [2.75, 3.05) is 20.6 Å². The molecule has 5 nitrogen and oxygen atoms in total. The van der Waals surface area contributed by atoms with E-state index in [2.05, 4.69) is 4.90 Å². The third kappa shape index (κ3) is 2.67. The number of hydrogen-bond acceptors (Lipinski definition) is 3. The second kappa shape index (κ2) is 5.63. The molecule has 2 rings (SSSR count). The van der Waals surface area contributed by atoms with Gasteiger partial charge in [-0.2, -0.15) is 0 Å². The number of benzene rings is 1. The van der Waals surface area contributed by atoms with Gasteiger partial charge in [-0.15, -0.1) is 0 Å². The van der Waals surface area contributed by atoms with Gasteiger partial charge in [0.2, 0.25) is 5.91 Å². The summed E-state index contributed by atoms with van der Waals surface area (Å²) in [5.74, 6) is -0.810. The van der Waals surface area contributed by atoms with Gasteiger partial charge < -0.3 is 10.0 Å². The summed E-state index contributed by atoms with van der Waals surface area (Å²) in [5, 5.41) is 9.20. The molecular weight excluding hydrogens is 256 g/mol. The predicted molar refractivity (Wildman–Crippen MR) is 75.7 cm³/mol. The number of carbonyl (C=O) groups excluding carboxylic acids is 1. The molecule has 0 spiro atoms. The summed E-state index contributed by atoms with van der Waals surface area (Å²) < 4.78 is 0. The second-order valence-electron chi connectivity index (χ2n) is 5.38. The fourth-order valence-corrected chi connectivity index (χ4v) is 2.69. The molecule has 0 aliphatic carbocycles. The van der Waals surface area contributed by atoms with Gasteiger partial charge in [0.25, 0.3) is 0 Å². The normalized spacial score (nSPS) is 16.4. The molecular formula is C15H20N2O3. The monoisotopic (exact) mass is 276 g/mol. The largest absolute Gasteiger partial charge is 0.478 e. The molecule has 0 radical (unpaired) electrons. The molecule has 1 atom stereocenters. The maximum atomic E-state index is 12.0.